The molecule has 0 bridgehead atoms. The van der Waals surface area contributed by atoms with Crippen LogP contribution in [0.4, 0.5) is 11.4 Å². The lowest BCUT2D eigenvalue weighted by Gasteiger charge is -1.98. The summed E-state index contributed by atoms with van der Waals surface area (Å²) in [6, 6.07) is 14.0. The van der Waals surface area contributed by atoms with Crippen molar-refractivity contribution in [1.29, 1.82) is 0 Å². The van der Waals surface area contributed by atoms with Gasteiger partial charge in [-0.1, -0.05) is 36.8 Å². The minimum absolute atomic E-state index is 0.840. The normalized spacial score (nSPS) is 9.50. The van der Waals surface area contributed by atoms with Crippen molar-refractivity contribution in [2.45, 2.75) is 27.2 Å². The zero-order chi connectivity index (χ0) is 13.5. The van der Waals surface area contributed by atoms with Gasteiger partial charge < -0.3 is 11.5 Å². The third kappa shape index (κ3) is 4.50. The molecule has 0 heterocycles. The van der Waals surface area contributed by atoms with Gasteiger partial charge in [-0.25, -0.2) is 0 Å². The van der Waals surface area contributed by atoms with Gasteiger partial charge in [0, 0.05) is 11.4 Å². The lowest BCUT2D eigenvalue weighted by atomic mass is 10.1. The van der Waals surface area contributed by atoms with Gasteiger partial charge in [-0.3, -0.25) is 0 Å². The molecule has 2 aromatic rings. The third-order valence-corrected chi connectivity index (χ3v) is 2.81. The molecule has 0 saturated heterocycles. The van der Waals surface area contributed by atoms with Gasteiger partial charge in [0.25, 0.3) is 0 Å². The van der Waals surface area contributed by atoms with E-state index < -0.39 is 0 Å². The highest BCUT2D eigenvalue weighted by Crippen LogP contribution is 2.10. The molecule has 2 aromatic carbocycles. The van der Waals surface area contributed by atoms with E-state index >= 15 is 0 Å². The Morgan fingerprint density at radius 2 is 1.50 bits per heavy atom. The second-order valence-corrected chi connectivity index (χ2v) is 4.46. The van der Waals surface area contributed by atoms with E-state index in [2.05, 4.69) is 32.0 Å². The fourth-order valence-electron chi connectivity index (χ4n) is 1.58. The maximum absolute atomic E-state index is 5.59. The second-order valence-electron chi connectivity index (χ2n) is 4.46. The van der Waals surface area contributed by atoms with Crippen LogP contribution in [0.15, 0.2) is 42.5 Å². The Hall–Kier alpha value is -1.96. The lowest BCUT2D eigenvalue weighted by Crippen LogP contribution is -1.88. The maximum Gasteiger partial charge on any atom is 0.0343 e. The Balaban J connectivity index is 0.000000180. The fourth-order valence-corrected chi connectivity index (χ4v) is 1.58. The summed E-state index contributed by atoms with van der Waals surface area (Å²) < 4.78 is 0. The molecule has 0 aliphatic heterocycles. The number of rotatable bonds is 1. The first-order valence-electron chi connectivity index (χ1n) is 6.20. The van der Waals surface area contributed by atoms with E-state index in [0.717, 1.165) is 23.4 Å². The smallest absolute Gasteiger partial charge is 0.0343 e. The van der Waals surface area contributed by atoms with Crippen LogP contribution in [-0.4, -0.2) is 0 Å². The van der Waals surface area contributed by atoms with Gasteiger partial charge >= 0.3 is 0 Å². The molecule has 0 fully saturated rings. The first-order chi connectivity index (χ1) is 8.52. The average Bonchev–Trinajstić information content (AvgIpc) is 2.36. The van der Waals surface area contributed by atoms with Gasteiger partial charge in [0.2, 0.25) is 0 Å². The molecule has 2 heteroatoms. The zero-order valence-corrected chi connectivity index (χ0v) is 11.4. The molecule has 0 saturated carbocycles. The molecule has 4 N–H and O–H groups in total. The van der Waals surface area contributed by atoms with Crippen LogP contribution in [0.3, 0.4) is 0 Å². The van der Waals surface area contributed by atoms with Gasteiger partial charge in [-0.2, -0.15) is 0 Å². The summed E-state index contributed by atoms with van der Waals surface area (Å²) in [5, 5.41) is 0. The zero-order valence-electron chi connectivity index (χ0n) is 11.4. The summed E-state index contributed by atoms with van der Waals surface area (Å²) in [5.41, 5.74) is 16.6. The van der Waals surface area contributed by atoms with Crippen LogP contribution in [0.2, 0.25) is 0 Å². The largest absolute Gasteiger partial charge is 0.399 e. The second kappa shape index (κ2) is 6.70. The van der Waals surface area contributed by atoms with Crippen LogP contribution in [-0.2, 0) is 6.42 Å². The topological polar surface area (TPSA) is 52.0 Å². The molecule has 0 aliphatic carbocycles. The van der Waals surface area contributed by atoms with Gasteiger partial charge in [0.15, 0.2) is 0 Å². The summed E-state index contributed by atoms with van der Waals surface area (Å²) in [5.74, 6) is 0. The van der Waals surface area contributed by atoms with Crippen molar-refractivity contribution in [3.05, 3.63) is 59.2 Å². The number of nitrogens with two attached hydrogens (primary N) is 2. The van der Waals surface area contributed by atoms with Crippen LogP contribution < -0.4 is 11.5 Å². The molecular weight excluding hydrogens is 220 g/mol. The van der Waals surface area contributed by atoms with Crippen LogP contribution in [0, 0.1) is 13.8 Å². The SMILES string of the molecule is CCc1ccc(N)cc1.Cc1ccc(N)c(C)c1. The molecule has 0 spiro atoms. The Kier molecular flexibility index (Phi) is 5.25. The minimum atomic E-state index is 0.840. The van der Waals surface area contributed by atoms with Gasteiger partial charge in [0.1, 0.15) is 0 Å². The van der Waals surface area contributed by atoms with Gasteiger partial charge in [-0.05, 0) is 49.6 Å². The highest BCUT2D eigenvalue weighted by molar-refractivity contribution is 5.47. The highest BCUT2D eigenvalue weighted by atomic mass is 14.5. The Labute approximate surface area is 110 Å². The third-order valence-electron chi connectivity index (χ3n) is 2.81. The van der Waals surface area contributed by atoms with Crippen molar-refractivity contribution in [3.63, 3.8) is 0 Å². The first kappa shape index (κ1) is 14.1. The lowest BCUT2D eigenvalue weighted by molar-refractivity contribution is 1.14. The van der Waals surface area contributed by atoms with Gasteiger partial charge in [0.05, 0.1) is 0 Å². The average molecular weight is 242 g/mol. The number of benzene rings is 2. The van der Waals surface area contributed by atoms with E-state index in [1.54, 1.807) is 0 Å². The Bertz CT molecular complexity index is 487. The van der Waals surface area contributed by atoms with Crippen LogP contribution in [0.5, 0.6) is 0 Å². The quantitative estimate of drug-likeness (QED) is 0.749. The molecule has 18 heavy (non-hydrogen) atoms. The van der Waals surface area contributed by atoms with Crippen molar-refractivity contribution in [3.8, 4) is 0 Å². The monoisotopic (exact) mass is 242 g/mol. The number of hydrogen-bond acceptors (Lipinski definition) is 2. The predicted octanol–water partition coefficient (Wildman–Crippen LogP) is 3.72. The maximum atomic E-state index is 5.59. The van der Waals surface area contributed by atoms with Crippen molar-refractivity contribution >= 4 is 11.4 Å². The first-order valence-corrected chi connectivity index (χ1v) is 6.20. The van der Waals surface area contributed by atoms with E-state index in [0.29, 0.717) is 0 Å². The van der Waals surface area contributed by atoms with E-state index in [1.165, 1.54) is 11.1 Å². The molecule has 0 atom stereocenters. The molecular formula is C16H22N2. The van der Waals surface area contributed by atoms with Crippen LogP contribution in [0.1, 0.15) is 23.6 Å². The molecule has 2 rings (SSSR count). The predicted molar refractivity (Wildman–Crippen MR) is 80.6 cm³/mol. The standard InChI is InChI=1S/2C8H11N/c1-6-3-4-8(9)7(2)5-6;1-2-7-3-5-8(9)6-4-7/h3-5H,9H2,1-2H3;3-6H,2,9H2,1H3. The molecule has 96 valence electrons. The Morgan fingerprint density at radius 3 is 1.94 bits per heavy atom. The van der Waals surface area contributed by atoms with Crippen molar-refractivity contribution < 1.29 is 0 Å². The Morgan fingerprint density at radius 1 is 0.889 bits per heavy atom. The van der Waals surface area contributed by atoms with E-state index in [9.17, 15) is 0 Å². The number of nitrogen functional groups attached to an aromatic ring is 2. The number of anilines is 2. The molecule has 0 amide bonds. The molecule has 2 nitrogen and oxygen atoms in total. The van der Waals surface area contributed by atoms with E-state index in [1.807, 2.05) is 31.2 Å². The fraction of sp³-hybridized carbons (Fsp3) is 0.250. The summed E-state index contributed by atoms with van der Waals surface area (Å²) in [6.45, 7) is 6.21. The van der Waals surface area contributed by atoms with Crippen molar-refractivity contribution in [2.75, 3.05) is 11.5 Å². The number of aryl methyl sites for hydroxylation is 3. The van der Waals surface area contributed by atoms with E-state index in [4.69, 9.17) is 11.5 Å². The molecule has 0 radical (unpaired) electrons. The molecule has 0 aromatic heterocycles. The highest BCUT2D eigenvalue weighted by Gasteiger charge is 1.89. The summed E-state index contributed by atoms with van der Waals surface area (Å²) in [6.07, 6.45) is 1.08. The summed E-state index contributed by atoms with van der Waals surface area (Å²) in [7, 11) is 0. The van der Waals surface area contributed by atoms with Crippen molar-refractivity contribution in [2.24, 2.45) is 0 Å². The van der Waals surface area contributed by atoms with E-state index in [-0.39, 0.29) is 0 Å². The number of hydrogen-bond donors (Lipinski definition) is 2. The van der Waals surface area contributed by atoms with Gasteiger partial charge in [-0.15, -0.1) is 0 Å². The van der Waals surface area contributed by atoms with Crippen LogP contribution >= 0.6 is 0 Å². The summed E-state index contributed by atoms with van der Waals surface area (Å²) in [4.78, 5) is 0. The van der Waals surface area contributed by atoms with Crippen molar-refractivity contribution in [1.82, 2.24) is 0 Å². The molecule has 0 aliphatic rings. The molecule has 0 unspecified atom stereocenters. The van der Waals surface area contributed by atoms with Crippen LogP contribution in [0.25, 0.3) is 0 Å². The minimum Gasteiger partial charge on any atom is -0.399 e. The summed E-state index contributed by atoms with van der Waals surface area (Å²) >= 11 is 0.